The Bertz CT molecular complexity index is 788. The average molecular weight is 355 g/mol. The minimum absolute atomic E-state index is 0.0582. The van der Waals surface area contributed by atoms with Crippen LogP contribution < -0.4 is 14.4 Å². The summed E-state index contributed by atoms with van der Waals surface area (Å²) in [6, 6.07) is 5.88. The summed E-state index contributed by atoms with van der Waals surface area (Å²) in [5.41, 5.74) is 0.882. The quantitative estimate of drug-likeness (QED) is 0.890. The molecule has 0 aliphatic carbocycles. The summed E-state index contributed by atoms with van der Waals surface area (Å²) in [7, 11) is -3.18. The molecule has 6 nitrogen and oxygen atoms in total. The van der Waals surface area contributed by atoms with Gasteiger partial charge >= 0.3 is 0 Å². The number of aromatic nitrogens is 1. The van der Waals surface area contributed by atoms with E-state index in [1.165, 1.54) is 6.26 Å². The van der Waals surface area contributed by atoms with Gasteiger partial charge in [0.1, 0.15) is 11.3 Å². The van der Waals surface area contributed by atoms with Crippen LogP contribution in [0.5, 0.6) is 5.75 Å². The summed E-state index contributed by atoms with van der Waals surface area (Å²) < 4.78 is 32.3. The van der Waals surface area contributed by atoms with E-state index in [1.54, 1.807) is 11.3 Å². The molecule has 1 aliphatic heterocycles. The van der Waals surface area contributed by atoms with E-state index in [0.29, 0.717) is 13.2 Å². The van der Waals surface area contributed by atoms with Crippen LogP contribution in [0.1, 0.15) is 19.8 Å². The first-order chi connectivity index (χ1) is 11.0. The molecule has 0 spiro atoms. The maximum atomic E-state index is 11.4. The highest BCUT2D eigenvalue weighted by Gasteiger charge is 2.24. The molecule has 1 saturated heterocycles. The molecule has 0 radical (unpaired) electrons. The van der Waals surface area contributed by atoms with Crippen molar-refractivity contribution in [3.8, 4) is 5.75 Å². The predicted octanol–water partition coefficient (Wildman–Crippen LogP) is 2.21. The fourth-order valence-electron chi connectivity index (χ4n) is 2.87. The third-order valence-electron chi connectivity index (χ3n) is 3.74. The zero-order valence-corrected chi connectivity index (χ0v) is 14.9. The van der Waals surface area contributed by atoms with E-state index in [-0.39, 0.29) is 6.04 Å². The molecule has 1 aromatic heterocycles. The third-order valence-corrected chi connectivity index (χ3v) is 5.59. The lowest BCUT2D eigenvalue weighted by Crippen LogP contribution is -2.47. The molecule has 0 bridgehead atoms. The van der Waals surface area contributed by atoms with Crippen molar-refractivity contribution in [2.75, 3.05) is 30.9 Å². The summed E-state index contributed by atoms with van der Waals surface area (Å²) in [6.45, 7) is 4.11. The highest BCUT2D eigenvalue weighted by atomic mass is 32.2. The fourth-order valence-corrected chi connectivity index (χ4v) is 4.68. The van der Waals surface area contributed by atoms with Gasteiger partial charge in [0.2, 0.25) is 10.0 Å². The zero-order chi connectivity index (χ0) is 16.4. The molecule has 1 aliphatic rings. The van der Waals surface area contributed by atoms with Crippen LogP contribution in [0.4, 0.5) is 5.13 Å². The van der Waals surface area contributed by atoms with Crippen molar-refractivity contribution in [1.82, 2.24) is 9.71 Å². The van der Waals surface area contributed by atoms with Gasteiger partial charge in [0, 0.05) is 19.1 Å². The Kier molecular flexibility index (Phi) is 4.74. The molecule has 0 amide bonds. The van der Waals surface area contributed by atoms with Crippen LogP contribution >= 0.6 is 11.3 Å². The van der Waals surface area contributed by atoms with Crippen LogP contribution in [0.25, 0.3) is 10.2 Å². The van der Waals surface area contributed by atoms with Gasteiger partial charge in [-0.15, -0.1) is 0 Å². The summed E-state index contributed by atoms with van der Waals surface area (Å²) >= 11 is 1.62. The van der Waals surface area contributed by atoms with Crippen LogP contribution in [0.2, 0.25) is 0 Å². The smallest absolute Gasteiger partial charge is 0.209 e. The van der Waals surface area contributed by atoms with E-state index in [2.05, 4.69) is 9.62 Å². The zero-order valence-electron chi connectivity index (χ0n) is 13.3. The molecule has 8 heteroatoms. The molecule has 2 heterocycles. The predicted molar refractivity (Wildman–Crippen MR) is 94.0 cm³/mol. The van der Waals surface area contributed by atoms with Crippen LogP contribution in [-0.4, -0.2) is 45.4 Å². The lowest BCUT2D eigenvalue weighted by Gasteiger charge is -2.32. The normalized spacial score (nSPS) is 19.2. The van der Waals surface area contributed by atoms with Crippen LogP contribution in [0.15, 0.2) is 18.2 Å². The molecular formula is C15H21N3O3S2. The lowest BCUT2D eigenvalue weighted by atomic mass is 10.1. The standard InChI is InChI=1S/C15H21N3O3S2/c1-3-21-12-7-4-8-13-14(12)16-15(22-13)18-9-5-6-11(10-18)17-23(2,19)20/h4,7-8,11,17H,3,5-6,9-10H2,1-2H3. The van der Waals surface area contributed by atoms with Crippen molar-refractivity contribution in [1.29, 1.82) is 0 Å². The first kappa shape index (κ1) is 16.5. The Balaban J connectivity index is 1.83. The minimum Gasteiger partial charge on any atom is -0.492 e. The van der Waals surface area contributed by atoms with Crippen molar-refractivity contribution in [3.05, 3.63) is 18.2 Å². The number of hydrogen-bond acceptors (Lipinski definition) is 6. The number of hydrogen-bond donors (Lipinski definition) is 1. The van der Waals surface area contributed by atoms with Gasteiger partial charge in [-0.3, -0.25) is 0 Å². The number of para-hydroxylation sites is 1. The molecule has 126 valence electrons. The van der Waals surface area contributed by atoms with Crippen molar-refractivity contribution >= 4 is 36.7 Å². The van der Waals surface area contributed by atoms with Crippen molar-refractivity contribution in [3.63, 3.8) is 0 Å². The molecule has 1 N–H and O–H groups in total. The molecule has 2 aromatic rings. The van der Waals surface area contributed by atoms with Gasteiger partial charge in [-0.05, 0) is 31.9 Å². The van der Waals surface area contributed by atoms with Gasteiger partial charge in [0.05, 0.1) is 17.6 Å². The van der Waals surface area contributed by atoms with Crippen molar-refractivity contribution < 1.29 is 13.2 Å². The van der Waals surface area contributed by atoms with Gasteiger partial charge in [0.15, 0.2) is 5.13 Å². The van der Waals surface area contributed by atoms with E-state index >= 15 is 0 Å². The highest BCUT2D eigenvalue weighted by molar-refractivity contribution is 7.88. The Morgan fingerprint density at radius 2 is 2.30 bits per heavy atom. The fraction of sp³-hybridized carbons (Fsp3) is 0.533. The minimum atomic E-state index is -3.18. The van der Waals surface area contributed by atoms with E-state index in [0.717, 1.165) is 40.5 Å². The first-order valence-electron chi connectivity index (χ1n) is 7.71. The number of benzene rings is 1. The maximum absolute atomic E-state index is 11.4. The molecule has 1 fully saturated rings. The molecule has 1 atom stereocenters. The summed E-state index contributed by atoms with van der Waals surface area (Å²) in [5.74, 6) is 0.801. The number of nitrogens with one attached hydrogen (secondary N) is 1. The van der Waals surface area contributed by atoms with Gasteiger partial charge in [-0.2, -0.15) is 0 Å². The van der Waals surface area contributed by atoms with E-state index in [1.807, 2.05) is 25.1 Å². The number of anilines is 1. The number of piperidine rings is 1. The number of nitrogens with zero attached hydrogens (tertiary/aromatic N) is 2. The number of fused-ring (bicyclic) bond motifs is 1. The second-order valence-electron chi connectivity index (χ2n) is 5.71. The lowest BCUT2D eigenvalue weighted by molar-refractivity contribution is 0.343. The highest BCUT2D eigenvalue weighted by Crippen LogP contribution is 2.35. The van der Waals surface area contributed by atoms with Crippen molar-refractivity contribution in [2.45, 2.75) is 25.8 Å². The number of ether oxygens (including phenoxy) is 1. The van der Waals surface area contributed by atoms with E-state index in [9.17, 15) is 8.42 Å². The van der Waals surface area contributed by atoms with Crippen molar-refractivity contribution in [2.24, 2.45) is 0 Å². The molecule has 0 saturated carbocycles. The van der Waals surface area contributed by atoms with Gasteiger partial charge in [0.25, 0.3) is 0 Å². The number of sulfonamides is 1. The first-order valence-corrected chi connectivity index (χ1v) is 10.4. The van der Waals surface area contributed by atoms with Gasteiger partial charge < -0.3 is 9.64 Å². The second-order valence-corrected chi connectivity index (χ2v) is 8.50. The van der Waals surface area contributed by atoms with Crippen LogP contribution in [0.3, 0.4) is 0 Å². The topological polar surface area (TPSA) is 71.5 Å². The Morgan fingerprint density at radius 3 is 3.04 bits per heavy atom. The van der Waals surface area contributed by atoms with Crippen LogP contribution in [-0.2, 0) is 10.0 Å². The van der Waals surface area contributed by atoms with E-state index < -0.39 is 10.0 Å². The summed E-state index contributed by atoms with van der Waals surface area (Å²) in [6.07, 6.45) is 3.01. The van der Waals surface area contributed by atoms with E-state index in [4.69, 9.17) is 9.72 Å². The molecule has 1 unspecified atom stereocenters. The Morgan fingerprint density at radius 1 is 1.48 bits per heavy atom. The SMILES string of the molecule is CCOc1cccc2sc(N3CCCC(NS(C)(=O)=O)C3)nc12. The monoisotopic (exact) mass is 355 g/mol. The number of thiazole rings is 1. The maximum Gasteiger partial charge on any atom is 0.209 e. The van der Waals surface area contributed by atoms with Gasteiger partial charge in [-0.25, -0.2) is 18.1 Å². The summed E-state index contributed by atoms with van der Waals surface area (Å²) in [4.78, 5) is 6.89. The molecular weight excluding hydrogens is 334 g/mol. The Hall–Kier alpha value is -1.38. The molecule has 3 rings (SSSR count). The van der Waals surface area contributed by atoms with Gasteiger partial charge in [-0.1, -0.05) is 17.4 Å². The second kappa shape index (κ2) is 6.62. The summed E-state index contributed by atoms with van der Waals surface area (Å²) in [5, 5.41) is 0.923. The molecule has 1 aromatic carbocycles. The molecule has 23 heavy (non-hydrogen) atoms. The average Bonchev–Trinajstić information content (AvgIpc) is 2.91. The van der Waals surface area contributed by atoms with Crippen LogP contribution in [0, 0.1) is 0 Å². The Labute approximate surface area is 140 Å². The largest absolute Gasteiger partial charge is 0.492 e. The number of rotatable bonds is 5. The third kappa shape index (κ3) is 3.94.